The van der Waals surface area contributed by atoms with Crippen molar-refractivity contribution in [1.29, 1.82) is 0 Å². The van der Waals surface area contributed by atoms with Gasteiger partial charge in [-0.2, -0.15) is 0 Å². The van der Waals surface area contributed by atoms with Gasteiger partial charge in [0.05, 0.1) is 10.5 Å². The summed E-state index contributed by atoms with van der Waals surface area (Å²) in [6, 6.07) is 7.74. The van der Waals surface area contributed by atoms with E-state index in [9.17, 15) is 8.78 Å². The van der Waals surface area contributed by atoms with Crippen LogP contribution < -0.4 is 5.32 Å². The molecule has 1 unspecified atom stereocenters. The lowest BCUT2D eigenvalue weighted by Crippen LogP contribution is -2.21. The summed E-state index contributed by atoms with van der Waals surface area (Å²) in [7, 11) is 1.69. The summed E-state index contributed by atoms with van der Waals surface area (Å²) in [5.74, 6) is -1.14. The van der Waals surface area contributed by atoms with E-state index in [4.69, 9.17) is 0 Å². The second kappa shape index (κ2) is 6.33. The lowest BCUT2D eigenvalue weighted by molar-refractivity contribution is 0.518. The molecule has 0 aliphatic rings. The van der Waals surface area contributed by atoms with E-state index in [2.05, 4.69) is 37.2 Å². The maximum atomic E-state index is 14.3. The third kappa shape index (κ3) is 2.95. The summed E-state index contributed by atoms with van der Waals surface area (Å²) < 4.78 is 29.5. The molecule has 0 radical (unpaired) electrons. The monoisotopic (exact) mass is 403 g/mol. The van der Waals surface area contributed by atoms with Gasteiger partial charge in [-0.25, -0.2) is 8.78 Å². The fourth-order valence-electron chi connectivity index (χ4n) is 2.23. The molecule has 1 nitrogen and oxygen atoms in total. The molecule has 2 aromatic carbocycles. The Labute approximate surface area is 133 Å². The highest BCUT2D eigenvalue weighted by molar-refractivity contribution is 9.10. The van der Waals surface area contributed by atoms with Gasteiger partial charge >= 0.3 is 0 Å². The number of hydrogen-bond donors (Lipinski definition) is 1. The minimum absolute atomic E-state index is 0.0206. The SMILES string of the molecule is CNC(c1ccc(Br)cc1C)c1c(F)ccc(Br)c1F. The van der Waals surface area contributed by atoms with E-state index in [1.165, 1.54) is 12.1 Å². The smallest absolute Gasteiger partial charge is 0.145 e. The topological polar surface area (TPSA) is 12.0 Å². The predicted molar refractivity (Wildman–Crippen MR) is 83.8 cm³/mol. The standard InChI is InChI=1S/C15H13Br2F2N/c1-8-7-9(16)3-4-10(8)15(20-2)13-12(18)6-5-11(17)14(13)19/h3-7,15,20H,1-2H3. The van der Waals surface area contributed by atoms with Crippen molar-refractivity contribution in [3.05, 3.63) is 67.6 Å². The van der Waals surface area contributed by atoms with Gasteiger partial charge in [0, 0.05) is 10.0 Å². The Kier molecular flexibility index (Phi) is 4.94. The molecule has 106 valence electrons. The van der Waals surface area contributed by atoms with E-state index in [0.717, 1.165) is 15.6 Å². The molecule has 0 aliphatic carbocycles. The van der Waals surface area contributed by atoms with Crippen LogP contribution in [0.4, 0.5) is 8.78 Å². The van der Waals surface area contributed by atoms with Gasteiger partial charge in [0.15, 0.2) is 0 Å². The number of nitrogens with one attached hydrogen (secondary N) is 1. The minimum atomic E-state index is -0.577. The molecule has 0 aliphatic heterocycles. The maximum absolute atomic E-state index is 14.3. The van der Waals surface area contributed by atoms with Crippen molar-refractivity contribution in [2.75, 3.05) is 7.05 Å². The Morgan fingerprint density at radius 1 is 1.10 bits per heavy atom. The molecule has 0 saturated heterocycles. The van der Waals surface area contributed by atoms with E-state index in [1.54, 1.807) is 7.05 Å². The van der Waals surface area contributed by atoms with E-state index in [-0.39, 0.29) is 10.0 Å². The molecule has 5 heteroatoms. The van der Waals surface area contributed by atoms with Crippen LogP contribution in [-0.2, 0) is 0 Å². The predicted octanol–water partition coefficient (Wildman–Crippen LogP) is 5.11. The molecule has 0 fully saturated rings. The number of benzene rings is 2. The van der Waals surface area contributed by atoms with Crippen LogP contribution in [0, 0.1) is 18.6 Å². The molecule has 0 saturated carbocycles. The highest BCUT2D eigenvalue weighted by Gasteiger charge is 2.23. The zero-order valence-corrected chi connectivity index (χ0v) is 14.1. The van der Waals surface area contributed by atoms with Gasteiger partial charge in [-0.15, -0.1) is 0 Å². The molecular formula is C15H13Br2F2N. The van der Waals surface area contributed by atoms with Crippen LogP contribution in [0.1, 0.15) is 22.7 Å². The molecule has 1 atom stereocenters. The Morgan fingerprint density at radius 3 is 2.40 bits per heavy atom. The van der Waals surface area contributed by atoms with Crippen LogP contribution in [-0.4, -0.2) is 7.05 Å². The molecule has 0 spiro atoms. The normalized spacial score (nSPS) is 12.5. The Hall–Kier alpha value is -0.780. The van der Waals surface area contributed by atoms with Crippen molar-refractivity contribution in [1.82, 2.24) is 5.32 Å². The zero-order chi connectivity index (χ0) is 14.9. The minimum Gasteiger partial charge on any atom is -0.309 e. The first-order valence-electron chi connectivity index (χ1n) is 6.02. The van der Waals surface area contributed by atoms with Crippen molar-refractivity contribution in [2.45, 2.75) is 13.0 Å². The fraction of sp³-hybridized carbons (Fsp3) is 0.200. The third-order valence-electron chi connectivity index (χ3n) is 3.20. The quantitative estimate of drug-likeness (QED) is 0.701. The maximum Gasteiger partial charge on any atom is 0.145 e. The summed E-state index contributed by atoms with van der Waals surface area (Å²) in [4.78, 5) is 0. The highest BCUT2D eigenvalue weighted by Crippen LogP contribution is 2.32. The molecule has 20 heavy (non-hydrogen) atoms. The first-order chi connectivity index (χ1) is 9.45. The van der Waals surface area contributed by atoms with Gasteiger partial charge in [-0.05, 0) is 65.3 Å². The Balaban J connectivity index is 2.61. The lowest BCUT2D eigenvalue weighted by atomic mass is 9.94. The number of halogens is 4. The lowest BCUT2D eigenvalue weighted by Gasteiger charge is -2.21. The summed E-state index contributed by atoms with van der Waals surface area (Å²) in [5, 5.41) is 2.99. The summed E-state index contributed by atoms with van der Waals surface area (Å²) in [5.41, 5.74) is 1.82. The van der Waals surface area contributed by atoms with Gasteiger partial charge in [0.25, 0.3) is 0 Å². The number of hydrogen-bond acceptors (Lipinski definition) is 1. The van der Waals surface area contributed by atoms with Crippen LogP contribution in [0.25, 0.3) is 0 Å². The summed E-state index contributed by atoms with van der Waals surface area (Å²) >= 11 is 6.49. The molecule has 0 aromatic heterocycles. The van der Waals surface area contributed by atoms with Crippen LogP contribution in [0.5, 0.6) is 0 Å². The van der Waals surface area contributed by atoms with Gasteiger partial charge < -0.3 is 5.32 Å². The second-order valence-corrected chi connectivity index (χ2v) is 6.25. The molecule has 0 bridgehead atoms. The summed E-state index contributed by atoms with van der Waals surface area (Å²) in [6.07, 6.45) is 0. The van der Waals surface area contributed by atoms with Gasteiger partial charge in [0.2, 0.25) is 0 Å². The van der Waals surface area contributed by atoms with Crippen molar-refractivity contribution >= 4 is 31.9 Å². The van der Waals surface area contributed by atoms with E-state index in [1.807, 2.05) is 25.1 Å². The van der Waals surface area contributed by atoms with Crippen molar-refractivity contribution in [3.8, 4) is 0 Å². The van der Waals surface area contributed by atoms with Crippen molar-refractivity contribution in [2.24, 2.45) is 0 Å². The van der Waals surface area contributed by atoms with Crippen molar-refractivity contribution < 1.29 is 8.78 Å². The van der Waals surface area contributed by atoms with Gasteiger partial charge in [-0.1, -0.05) is 22.0 Å². The Morgan fingerprint density at radius 2 is 1.80 bits per heavy atom. The number of aryl methyl sites for hydroxylation is 1. The van der Waals surface area contributed by atoms with Crippen molar-refractivity contribution in [3.63, 3.8) is 0 Å². The molecule has 1 N–H and O–H groups in total. The average Bonchev–Trinajstić information content (AvgIpc) is 2.40. The summed E-state index contributed by atoms with van der Waals surface area (Å²) in [6.45, 7) is 1.91. The average molecular weight is 405 g/mol. The number of rotatable bonds is 3. The molecule has 0 amide bonds. The molecule has 2 rings (SSSR count). The first-order valence-corrected chi connectivity index (χ1v) is 7.61. The Bertz CT molecular complexity index is 644. The van der Waals surface area contributed by atoms with Crippen LogP contribution in [0.15, 0.2) is 39.3 Å². The van der Waals surface area contributed by atoms with E-state index < -0.39 is 17.7 Å². The van der Waals surface area contributed by atoms with E-state index in [0.29, 0.717) is 0 Å². The fourth-order valence-corrected chi connectivity index (χ4v) is 3.05. The van der Waals surface area contributed by atoms with Crippen LogP contribution in [0.3, 0.4) is 0 Å². The third-order valence-corrected chi connectivity index (χ3v) is 4.31. The molecule has 2 aromatic rings. The first kappa shape index (κ1) is 15.6. The second-order valence-electron chi connectivity index (χ2n) is 4.48. The zero-order valence-electron chi connectivity index (χ0n) is 11.0. The highest BCUT2D eigenvalue weighted by atomic mass is 79.9. The van der Waals surface area contributed by atoms with Crippen LogP contribution in [0.2, 0.25) is 0 Å². The molecular weight excluding hydrogens is 392 g/mol. The van der Waals surface area contributed by atoms with Gasteiger partial charge in [-0.3, -0.25) is 0 Å². The van der Waals surface area contributed by atoms with Crippen LogP contribution >= 0.6 is 31.9 Å². The van der Waals surface area contributed by atoms with Gasteiger partial charge in [0.1, 0.15) is 11.6 Å². The van der Waals surface area contributed by atoms with E-state index >= 15 is 0 Å². The molecule has 0 heterocycles. The largest absolute Gasteiger partial charge is 0.309 e.